The zero-order chi connectivity index (χ0) is 15.0. The van der Waals surface area contributed by atoms with Crippen LogP contribution in [0.15, 0.2) is 24.3 Å². The third-order valence-corrected chi connectivity index (χ3v) is 4.43. The molecule has 0 aliphatic rings. The molecule has 0 aliphatic heterocycles. The van der Waals surface area contributed by atoms with E-state index in [4.69, 9.17) is 33.7 Å². The van der Waals surface area contributed by atoms with E-state index in [1.807, 2.05) is 6.07 Å². The van der Waals surface area contributed by atoms with Crippen molar-refractivity contribution in [3.8, 4) is 11.6 Å². The number of nitrogens with two attached hydrogens (primary N) is 1. The summed E-state index contributed by atoms with van der Waals surface area (Å²) in [5.74, 6) is 1.10. The van der Waals surface area contributed by atoms with Gasteiger partial charge in [0, 0.05) is 14.9 Å². The van der Waals surface area contributed by atoms with Crippen LogP contribution in [0, 0.1) is 0 Å². The van der Waals surface area contributed by atoms with E-state index in [1.165, 1.54) is 4.88 Å². The Labute approximate surface area is 135 Å². The molecule has 0 fully saturated rings. The molecule has 0 aliphatic carbocycles. The van der Waals surface area contributed by atoms with Gasteiger partial charge in [-0.15, -0.1) is 11.3 Å². The number of aromatic nitrogens is 2. The second-order valence-electron chi connectivity index (χ2n) is 4.38. The maximum absolute atomic E-state index is 5.97. The summed E-state index contributed by atoms with van der Waals surface area (Å²) < 4.78 is 5.80. The van der Waals surface area contributed by atoms with Gasteiger partial charge in [-0.2, -0.15) is 4.98 Å². The molecule has 0 atom stereocenters. The highest BCUT2D eigenvalue weighted by Crippen LogP contribution is 2.35. The topological polar surface area (TPSA) is 61.0 Å². The summed E-state index contributed by atoms with van der Waals surface area (Å²) in [6.45, 7) is 2.08. The number of benzene rings is 1. The van der Waals surface area contributed by atoms with Crippen molar-refractivity contribution < 1.29 is 4.74 Å². The molecule has 2 aromatic heterocycles. The summed E-state index contributed by atoms with van der Waals surface area (Å²) in [5.41, 5.74) is 5.74. The molecule has 0 saturated heterocycles. The van der Waals surface area contributed by atoms with Gasteiger partial charge < -0.3 is 10.5 Å². The van der Waals surface area contributed by atoms with Crippen LogP contribution in [-0.4, -0.2) is 9.97 Å². The molecule has 0 unspecified atom stereocenters. The summed E-state index contributed by atoms with van der Waals surface area (Å²) in [6, 6.07) is 7.00. The fourth-order valence-electron chi connectivity index (χ4n) is 1.91. The standard InChI is InChI=1S/C14H11Cl2N3OS/c1-2-10-6-11-12(18-14(17)19-13(11)21-10)20-9-4-7(15)3-8(16)5-9/h3-6H,2H2,1H3,(H2,17,18,19). The van der Waals surface area contributed by atoms with Gasteiger partial charge in [0.2, 0.25) is 11.8 Å². The Bertz CT molecular complexity index is 799. The Balaban J connectivity index is 2.08. The second kappa shape index (κ2) is 5.67. The van der Waals surface area contributed by atoms with Crippen LogP contribution in [0.1, 0.15) is 11.8 Å². The number of fused-ring (bicyclic) bond motifs is 1. The summed E-state index contributed by atoms with van der Waals surface area (Å²) >= 11 is 13.5. The molecule has 108 valence electrons. The zero-order valence-corrected chi connectivity index (χ0v) is 13.4. The average Bonchev–Trinajstić information content (AvgIpc) is 2.80. The predicted octanol–water partition coefficient (Wildman–Crippen LogP) is 4.94. The number of anilines is 1. The molecule has 0 spiro atoms. The molecule has 0 radical (unpaired) electrons. The first kappa shape index (κ1) is 14.4. The lowest BCUT2D eigenvalue weighted by atomic mass is 10.3. The number of hydrogen-bond donors (Lipinski definition) is 1. The van der Waals surface area contributed by atoms with Crippen LogP contribution in [0.2, 0.25) is 10.0 Å². The Hall–Kier alpha value is -1.56. The van der Waals surface area contributed by atoms with E-state index >= 15 is 0 Å². The quantitative estimate of drug-likeness (QED) is 0.734. The Morgan fingerprint density at radius 2 is 1.86 bits per heavy atom. The third kappa shape index (κ3) is 3.05. The fraction of sp³-hybridized carbons (Fsp3) is 0.143. The van der Waals surface area contributed by atoms with Gasteiger partial charge in [-0.05, 0) is 30.7 Å². The molecular weight excluding hydrogens is 329 g/mol. The maximum Gasteiger partial charge on any atom is 0.232 e. The van der Waals surface area contributed by atoms with Crippen LogP contribution in [0.5, 0.6) is 11.6 Å². The lowest BCUT2D eigenvalue weighted by Crippen LogP contribution is -1.97. The van der Waals surface area contributed by atoms with E-state index in [9.17, 15) is 0 Å². The number of halogens is 2. The number of hydrogen-bond acceptors (Lipinski definition) is 5. The molecule has 0 amide bonds. The van der Waals surface area contributed by atoms with Crippen LogP contribution < -0.4 is 10.5 Å². The van der Waals surface area contributed by atoms with Crippen molar-refractivity contribution in [3.63, 3.8) is 0 Å². The van der Waals surface area contributed by atoms with E-state index < -0.39 is 0 Å². The maximum atomic E-state index is 5.97. The van der Waals surface area contributed by atoms with Gasteiger partial charge in [0.1, 0.15) is 10.6 Å². The Morgan fingerprint density at radius 1 is 1.14 bits per heavy atom. The largest absolute Gasteiger partial charge is 0.438 e. The SMILES string of the molecule is CCc1cc2c(Oc3cc(Cl)cc(Cl)c3)nc(N)nc2s1. The van der Waals surface area contributed by atoms with Crippen molar-refractivity contribution in [1.82, 2.24) is 9.97 Å². The first-order valence-corrected chi connectivity index (χ1v) is 7.82. The molecule has 21 heavy (non-hydrogen) atoms. The van der Waals surface area contributed by atoms with Crippen molar-refractivity contribution in [2.75, 3.05) is 5.73 Å². The van der Waals surface area contributed by atoms with Crippen LogP contribution in [0.4, 0.5) is 5.95 Å². The number of aryl methyl sites for hydroxylation is 1. The van der Waals surface area contributed by atoms with Crippen LogP contribution >= 0.6 is 34.5 Å². The van der Waals surface area contributed by atoms with E-state index in [1.54, 1.807) is 29.5 Å². The van der Waals surface area contributed by atoms with E-state index in [2.05, 4.69) is 16.9 Å². The average molecular weight is 340 g/mol. The molecule has 4 nitrogen and oxygen atoms in total. The van der Waals surface area contributed by atoms with Gasteiger partial charge in [-0.25, -0.2) is 4.98 Å². The van der Waals surface area contributed by atoms with Gasteiger partial charge >= 0.3 is 0 Å². The van der Waals surface area contributed by atoms with Gasteiger partial charge in [-0.3, -0.25) is 0 Å². The van der Waals surface area contributed by atoms with Crippen LogP contribution in [-0.2, 0) is 6.42 Å². The van der Waals surface area contributed by atoms with E-state index in [0.717, 1.165) is 16.6 Å². The predicted molar refractivity (Wildman–Crippen MR) is 87.7 cm³/mol. The molecule has 3 rings (SSSR count). The molecular formula is C14H11Cl2N3OS. The number of nitrogens with zero attached hydrogens (tertiary/aromatic N) is 2. The molecule has 7 heteroatoms. The van der Waals surface area contributed by atoms with Gasteiger partial charge in [0.25, 0.3) is 0 Å². The summed E-state index contributed by atoms with van der Waals surface area (Å²) in [5, 5.41) is 1.83. The smallest absolute Gasteiger partial charge is 0.232 e. The lowest BCUT2D eigenvalue weighted by Gasteiger charge is -2.07. The minimum Gasteiger partial charge on any atom is -0.438 e. The number of thiophene rings is 1. The summed E-state index contributed by atoms with van der Waals surface area (Å²) in [7, 11) is 0. The van der Waals surface area contributed by atoms with E-state index in [0.29, 0.717) is 21.7 Å². The molecule has 0 saturated carbocycles. The fourth-order valence-corrected chi connectivity index (χ4v) is 3.38. The highest BCUT2D eigenvalue weighted by Gasteiger charge is 2.12. The van der Waals surface area contributed by atoms with Crippen molar-refractivity contribution in [3.05, 3.63) is 39.2 Å². The highest BCUT2D eigenvalue weighted by molar-refractivity contribution is 7.18. The second-order valence-corrected chi connectivity index (χ2v) is 6.37. The van der Waals surface area contributed by atoms with Crippen LogP contribution in [0.25, 0.3) is 10.2 Å². The first-order chi connectivity index (χ1) is 10.0. The third-order valence-electron chi connectivity index (χ3n) is 2.83. The molecule has 1 aromatic carbocycles. The zero-order valence-electron chi connectivity index (χ0n) is 11.1. The van der Waals surface area contributed by atoms with Crippen molar-refractivity contribution in [2.24, 2.45) is 0 Å². The number of rotatable bonds is 3. The van der Waals surface area contributed by atoms with Crippen molar-refractivity contribution in [2.45, 2.75) is 13.3 Å². The van der Waals surface area contributed by atoms with Crippen LogP contribution in [0.3, 0.4) is 0 Å². The number of nitrogen functional groups attached to an aromatic ring is 1. The first-order valence-electron chi connectivity index (χ1n) is 6.25. The minimum atomic E-state index is 0.176. The normalized spacial score (nSPS) is 11.0. The van der Waals surface area contributed by atoms with Crippen molar-refractivity contribution >= 4 is 50.7 Å². The van der Waals surface area contributed by atoms with Gasteiger partial charge in [0.05, 0.1) is 5.39 Å². The Morgan fingerprint density at radius 3 is 2.52 bits per heavy atom. The highest BCUT2D eigenvalue weighted by atomic mass is 35.5. The Kier molecular flexibility index (Phi) is 3.89. The molecule has 2 N–H and O–H groups in total. The lowest BCUT2D eigenvalue weighted by molar-refractivity contribution is 0.469. The number of ether oxygens (including phenoxy) is 1. The van der Waals surface area contributed by atoms with Gasteiger partial charge in [-0.1, -0.05) is 30.1 Å². The minimum absolute atomic E-state index is 0.176. The van der Waals surface area contributed by atoms with Crippen molar-refractivity contribution in [1.29, 1.82) is 0 Å². The van der Waals surface area contributed by atoms with E-state index in [-0.39, 0.29) is 5.95 Å². The van der Waals surface area contributed by atoms with Gasteiger partial charge in [0.15, 0.2) is 0 Å². The summed E-state index contributed by atoms with van der Waals surface area (Å²) in [6.07, 6.45) is 0.920. The monoisotopic (exact) mass is 339 g/mol. The molecule has 3 aromatic rings. The summed E-state index contributed by atoms with van der Waals surface area (Å²) in [4.78, 5) is 10.4. The molecule has 2 heterocycles. The molecule has 0 bridgehead atoms.